The Labute approximate surface area is 144 Å². The summed E-state index contributed by atoms with van der Waals surface area (Å²) in [6.07, 6.45) is -2.49. The van der Waals surface area contributed by atoms with Crippen LogP contribution in [-0.4, -0.2) is 21.7 Å². The molecule has 0 radical (unpaired) electrons. The number of carbonyl (C=O) groups excluding carboxylic acids is 1. The largest absolute Gasteiger partial charge is 0.416 e. The van der Waals surface area contributed by atoms with Gasteiger partial charge in [0.1, 0.15) is 5.69 Å². The van der Waals surface area contributed by atoms with Crippen molar-refractivity contribution in [3.63, 3.8) is 0 Å². The van der Waals surface area contributed by atoms with Crippen molar-refractivity contribution in [2.75, 3.05) is 4.90 Å². The Bertz CT molecular complexity index is 793. The van der Waals surface area contributed by atoms with E-state index in [4.69, 9.17) is 0 Å². The zero-order valence-electron chi connectivity index (χ0n) is 14.3. The van der Waals surface area contributed by atoms with Crippen molar-refractivity contribution in [1.82, 2.24) is 9.78 Å². The highest BCUT2D eigenvalue weighted by Gasteiger charge is 2.37. The minimum absolute atomic E-state index is 0.175. The van der Waals surface area contributed by atoms with Crippen LogP contribution in [0.1, 0.15) is 41.5 Å². The van der Waals surface area contributed by atoms with E-state index in [9.17, 15) is 18.0 Å². The summed E-state index contributed by atoms with van der Waals surface area (Å²) in [4.78, 5) is 14.6. The van der Waals surface area contributed by atoms with E-state index in [2.05, 4.69) is 5.10 Å². The highest BCUT2D eigenvalue weighted by Crippen LogP contribution is 2.39. The molecule has 3 rings (SSSR count). The molecule has 1 amide bonds. The Morgan fingerprint density at radius 1 is 1.32 bits per heavy atom. The first-order chi connectivity index (χ1) is 11.7. The van der Waals surface area contributed by atoms with E-state index >= 15 is 0 Å². The third kappa shape index (κ3) is 3.55. The predicted octanol–water partition coefficient (Wildman–Crippen LogP) is 4.19. The molecule has 2 aromatic rings. The number of halogens is 3. The van der Waals surface area contributed by atoms with Crippen LogP contribution in [0.5, 0.6) is 0 Å². The number of aromatic nitrogens is 2. The minimum Gasteiger partial charge on any atom is -0.304 e. The molecule has 4 nitrogen and oxygen atoms in total. The lowest BCUT2D eigenvalue weighted by molar-refractivity contribution is -0.137. The number of alkyl halides is 3. The van der Waals surface area contributed by atoms with E-state index in [-0.39, 0.29) is 17.6 Å². The summed E-state index contributed by atoms with van der Waals surface area (Å²) in [6, 6.07) is 6.43. The molecule has 1 aromatic heterocycles. The first-order valence-corrected chi connectivity index (χ1v) is 8.20. The van der Waals surface area contributed by atoms with Gasteiger partial charge in [0, 0.05) is 18.8 Å². The van der Waals surface area contributed by atoms with Crippen LogP contribution in [-0.2, 0) is 13.2 Å². The Balaban J connectivity index is 2.04. The molecule has 0 N–H and O–H groups in total. The summed E-state index contributed by atoms with van der Waals surface area (Å²) in [5, 5.41) is 4.17. The average molecular weight is 351 g/mol. The molecule has 1 atom stereocenters. The van der Waals surface area contributed by atoms with Crippen LogP contribution in [0, 0.1) is 12.8 Å². The smallest absolute Gasteiger partial charge is 0.304 e. The van der Waals surface area contributed by atoms with Gasteiger partial charge in [0.25, 0.3) is 5.91 Å². The van der Waals surface area contributed by atoms with Gasteiger partial charge in [-0.15, -0.1) is 0 Å². The van der Waals surface area contributed by atoms with Gasteiger partial charge in [-0.25, -0.2) is 0 Å². The van der Waals surface area contributed by atoms with Crippen molar-refractivity contribution in [2.24, 2.45) is 13.0 Å². The number of benzene rings is 1. The number of carbonyl (C=O) groups is 1. The highest BCUT2D eigenvalue weighted by molar-refractivity contribution is 6.05. The van der Waals surface area contributed by atoms with E-state index in [1.54, 1.807) is 26.1 Å². The molecule has 1 saturated carbocycles. The zero-order chi connectivity index (χ0) is 18.4. The van der Waals surface area contributed by atoms with Crippen LogP contribution in [0.3, 0.4) is 0 Å². The molecule has 25 heavy (non-hydrogen) atoms. The molecule has 0 aliphatic heterocycles. The van der Waals surface area contributed by atoms with Crippen molar-refractivity contribution in [3.05, 3.63) is 47.3 Å². The fourth-order valence-corrected chi connectivity index (χ4v) is 3.09. The maximum atomic E-state index is 13.1. The Hall–Kier alpha value is -2.31. The first-order valence-electron chi connectivity index (χ1n) is 8.20. The van der Waals surface area contributed by atoms with Gasteiger partial charge in [0.15, 0.2) is 0 Å². The summed E-state index contributed by atoms with van der Waals surface area (Å²) >= 11 is 0. The number of rotatable bonds is 4. The van der Waals surface area contributed by atoms with E-state index in [1.165, 1.54) is 15.6 Å². The van der Waals surface area contributed by atoms with Crippen LogP contribution in [0.25, 0.3) is 0 Å². The predicted molar refractivity (Wildman–Crippen MR) is 88.4 cm³/mol. The molecule has 1 aliphatic rings. The lowest BCUT2D eigenvalue weighted by Gasteiger charge is -2.30. The van der Waals surface area contributed by atoms with Gasteiger partial charge in [-0.2, -0.15) is 18.3 Å². The molecule has 0 saturated heterocycles. The molecule has 134 valence electrons. The fraction of sp³-hybridized carbons (Fsp3) is 0.444. The van der Waals surface area contributed by atoms with E-state index in [0.717, 1.165) is 25.0 Å². The van der Waals surface area contributed by atoms with E-state index < -0.39 is 11.7 Å². The number of nitrogens with zero attached hydrogens (tertiary/aromatic N) is 3. The summed E-state index contributed by atoms with van der Waals surface area (Å²) in [6.45, 7) is 3.66. The lowest BCUT2D eigenvalue weighted by atomic mass is 10.1. The second kappa shape index (κ2) is 6.20. The second-order valence-electron chi connectivity index (χ2n) is 6.60. The van der Waals surface area contributed by atoms with Crippen LogP contribution < -0.4 is 4.90 Å². The van der Waals surface area contributed by atoms with Gasteiger partial charge < -0.3 is 4.90 Å². The van der Waals surface area contributed by atoms with Gasteiger partial charge in [-0.3, -0.25) is 9.48 Å². The minimum atomic E-state index is -4.45. The number of anilines is 1. The second-order valence-corrected chi connectivity index (χ2v) is 6.60. The van der Waals surface area contributed by atoms with Crippen molar-refractivity contribution in [2.45, 2.75) is 38.9 Å². The number of hydrogen-bond donors (Lipinski definition) is 0. The monoisotopic (exact) mass is 351 g/mol. The molecular formula is C18H20F3N3O. The maximum absolute atomic E-state index is 13.1. The van der Waals surface area contributed by atoms with Gasteiger partial charge in [0.05, 0.1) is 11.3 Å². The summed E-state index contributed by atoms with van der Waals surface area (Å²) < 4.78 is 40.7. The first kappa shape index (κ1) is 17.5. The number of hydrogen-bond acceptors (Lipinski definition) is 2. The standard InChI is InChI=1S/C18H20F3N3O/c1-11-9-16(23(3)22-11)17(25)24(12(2)13-7-8-13)15-6-4-5-14(10-15)18(19,20)21/h4-6,9-10,12-13H,7-8H2,1-3H3/t12-/m0/s1. The quantitative estimate of drug-likeness (QED) is 0.828. The van der Waals surface area contributed by atoms with Crippen LogP contribution in [0.15, 0.2) is 30.3 Å². The Kier molecular flexibility index (Phi) is 4.34. The third-order valence-corrected chi connectivity index (χ3v) is 4.60. The lowest BCUT2D eigenvalue weighted by Crippen LogP contribution is -2.41. The van der Waals surface area contributed by atoms with Crippen molar-refractivity contribution < 1.29 is 18.0 Å². The van der Waals surface area contributed by atoms with Crippen LogP contribution in [0.2, 0.25) is 0 Å². The van der Waals surface area contributed by atoms with Crippen molar-refractivity contribution >= 4 is 11.6 Å². The molecular weight excluding hydrogens is 331 g/mol. The Morgan fingerprint density at radius 2 is 2.00 bits per heavy atom. The van der Waals surface area contributed by atoms with Crippen LogP contribution in [0.4, 0.5) is 18.9 Å². The van der Waals surface area contributed by atoms with Crippen molar-refractivity contribution in [1.29, 1.82) is 0 Å². The molecule has 1 aromatic carbocycles. The van der Waals surface area contributed by atoms with E-state index in [1.807, 2.05) is 6.92 Å². The van der Waals surface area contributed by atoms with E-state index in [0.29, 0.717) is 17.3 Å². The summed E-state index contributed by atoms with van der Waals surface area (Å²) in [5.41, 5.74) is 0.557. The highest BCUT2D eigenvalue weighted by atomic mass is 19.4. The van der Waals surface area contributed by atoms with Gasteiger partial charge in [-0.05, 0) is 56.9 Å². The third-order valence-electron chi connectivity index (χ3n) is 4.60. The topological polar surface area (TPSA) is 38.1 Å². The Morgan fingerprint density at radius 3 is 2.52 bits per heavy atom. The summed E-state index contributed by atoms with van der Waals surface area (Å²) in [5.74, 6) is -0.0189. The maximum Gasteiger partial charge on any atom is 0.416 e. The molecule has 0 bridgehead atoms. The number of aryl methyl sites for hydroxylation is 2. The molecule has 1 aliphatic carbocycles. The zero-order valence-corrected chi connectivity index (χ0v) is 14.3. The average Bonchev–Trinajstić information content (AvgIpc) is 3.32. The molecule has 7 heteroatoms. The molecule has 0 unspecified atom stereocenters. The SMILES string of the molecule is Cc1cc(C(=O)N(c2cccc(C(F)(F)F)c2)[C@@H](C)C2CC2)n(C)n1. The number of amides is 1. The van der Waals surface area contributed by atoms with Crippen LogP contribution >= 0.6 is 0 Å². The van der Waals surface area contributed by atoms with Gasteiger partial charge in [0.2, 0.25) is 0 Å². The fourth-order valence-electron chi connectivity index (χ4n) is 3.09. The van der Waals surface area contributed by atoms with Gasteiger partial charge in [-0.1, -0.05) is 6.07 Å². The van der Waals surface area contributed by atoms with Gasteiger partial charge >= 0.3 is 6.18 Å². The molecule has 0 spiro atoms. The summed E-state index contributed by atoms with van der Waals surface area (Å²) in [7, 11) is 1.66. The normalized spacial score (nSPS) is 15.9. The molecule has 1 heterocycles. The molecule has 1 fully saturated rings. The van der Waals surface area contributed by atoms with Crippen molar-refractivity contribution in [3.8, 4) is 0 Å².